The molecule has 2 fully saturated rings. The second-order valence-corrected chi connectivity index (χ2v) is 20.0. The van der Waals surface area contributed by atoms with E-state index in [0.29, 0.717) is 11.8 Å². The Bertz CT molecular complexity index is 3180. The van der Waals surface area contributed by atoms with Gasteiger partial charge in [0.1, 0.15) is 0 Å². The van der Waals surface area contributed by atoms with Gasteiger partial charge in [0.2, 0.25) is 0 Å². The van der Waals surface area contributed by atoms with E-state index in [1.807, 2.05) is 0 Å². The highest BCUT2D eigenvalue weighted by Crippen LogP contribution is 2.51. The third-order valence-electron chi connectivity index (χ3n) is 15.7. The molecule has 2 aliphatic carbocycles. The SMILES string of the molecule is Cc1ccc2ccc(C)c(N(c3ccc(C4CCCCC4)cc3)c3ccc4ccc5c(N(c6ccc(C7CCCCC7)cc6)c6c(C)ccc7ccc(C)cc67)ccc6ccc3c4c65)c2c1. The number of anilines is 6. The summed E-state index contributed by atoms with van der Waals surface area (Å²) in [6.45, 7) is 9.02. The largest absolute Gasteiger partial charge is 0.309 e. The molecular weight excluding hydrogens is 797 g/mol. The molecule has 0 radical (unpaired) electrons. The Morgan fingerprint density at radius 3 is 1.11 bits per heavy atom. The van der Waals surface area contributed by atoms with Gasteiger partial charge in [-0.3, -0.25) is 0 Å². The number of hydrogen-bond acceptors (Lipinski definition) is 2. The van der Waals surface area contributed by atoms with E-state index < -0.39 is 0 Å². The first-order valence-electron chi connectivity index (χ1n) is 24.9. The maximum Gasteiger partial charge on any atom is 0.0569 e. The first-order valence-corrected chi connectivity index (χ1v) is 24.9. The third-order valence-corrected chi connectivity index (χ3v) is 15.7. The van der Waals surface area contributed by atoms with Crippen molar-refractivity contribution in [2.45, 2.75) is 104 Å². The van der Waals surface area contributed by atoms with E-state index in [9.17, 15) is 0 Å². The van der Waals surface area contributed by atoms with Crippen LogP contribution in [0.1, 0.15) is 109 Å². The van der Waals surface area contributed by atoms with Gasteiger partial charge in [0.25, 0.3) is 0 Å². The molecule has 0 bridgehead atoms. The number of hydrogen-bond donors (Lipinski definition) is 0. The van der Waals surface area contributed by atoms with Gasteiger partial charge >= 0.3 is 0 Å². The average molecular weight is 857 g/mol. The van der Waals surface area contributed by atoms with Crippen molar-refractivity contribution in [2.75, 3.05) is 9.80 Å². The molecule has 2 aliphatic rings. The van der Waals surface area contributed by atoms with E-state index in [4.69, 9.17) is 0 Å². The molecule has 0 aliphatic heterocycles. The van der Waals surface area contributed by atoms with E-state index in [1.165, 1.54) is 186 Å². The van der Waals surface area contributed by atoms with Crippen molar-refractivity contribution in [1.29, 1.82) is 0 Å². The van der Waals surface area contributed by atoms with Crippen LogP contribution in [-0.4, -0.2) is 0 Å². The lowest BCUT2D eigenvalue weighted by molar-refractivity contribution is 0.443. The van der Waals surface area contributed by atoms with Gasteiger partial charge in [-0.1, -0.05) is 159 Å². The second kappa shape index (κ2) is 16.7. The van der Waals surface area contributed by atoms with Crippen LogP contribution in [0.4, 0.5) is 34.1 Å². The Kier molecular flexibility index (Phi) is 10.3. The highest BCUT2D eigenvalue weighted by atomic mass is 15.2. The molecule has 0 unspecified atom stereocenters. The van der Waals surface area contributed by atoms with Crippen LogP contribution in [0.25, 0.3) is 53.9 Å². The number of aryl methyl sites for hydroxylation is 4. The van der Waals surface area contributed by atoms with E-state index in [1.54, 1.807) is 0 Å². The van der Waals surface area contributed by atoms with Gasteiger partial charge in [-0.2, -0.15) is 0 Å². The highest BCUT2D eigenvalue weighted by Gasteiger charge is 2.26. The van der Waals surface area contributed by atoms with Gasteiger partial charge in [0.05, 0.1) is 22.7 Å². The van der Waals surface area contributed by atoms with Gasteiger partial charge in [0, 0.05) is 32.9 Å². The molecule has 0 spiro atoms. The fourth-order valence-corrected chi connectivity index (χ4v) is 12.2. The maximum atomic E-state index is 2.58. The van der Waals surface area contributed by atoms with Crippen LogP contribution in [0.15, 0.2) is 158 Å². The standard InChI is InChI=1S/C64H60N2/c1-41-15-19-49-21-17-43(3)63(57(49)39-41)65(53-31-23-47(24-32-53)45-11-7-5-8-12-45)59-37-29-51-28-36-56-60(38-30-52-27-35-55(59)61(51)62(52)56)66(54-33-25-48(26-34-54)46-13-9-6-10-14-46)64-44(4)18-22-50-20-16-42(2)40-58(50)64/h15-40,45-46H,5-14H2,1-4H3. The van der Waals surface area contributed by atoms with Crippen molar-refractivity contribution in [3.63, 3.8) is 0 Å². The summed E-state index contributed by atoms with van der Waals surface area (Å²) in [5.41, 5.74) is 15.4. The van der Waals surface area contributed by atoms with Crippen LogP contribution >= 0.6 is 0 Å². The quantitative estimate of drug-likeness (QED) is 0.141. The molecule has 2 heteroatoms. The lowest BCUT2D eigenvalue weighted by atomic mass is 9.84. The minimum absolute atomic E-state index is 0.656. The maximum absolute atomic E-state index is 2.58. The van der Waals surface area contributed by atoms with Crippen LogP contribution in [-0.2, 0) is 0 Å². The molecule has 0 heterocycles. The molecule has 10 aromatic rings. The molecule has 2 saturated carbocycles. The first kappa shape index (κ1) is 40.8. The van der Waals surface area contributed by atoms with Crippen LogP contribution in [0.5, 0.6) is 0 Å². The Labute approximate surface area is 390 Å². The highest BCUT2D eigenvalue weighted by molar-refractivity contribution is 6.28. The van der Waals surface area contributed by atoms with Crippen molar-refractivity contribution in [3.8, 4) is 0 Å². The molecule has 66 heavy (non-hydrogen) atoms. The van der Waals surface area contributed by atoms with E-state index in [0.717, 1.165) is 0 Å². The summed E-state index contributed by atoms with van der Waals surface area (Å²) in [4.78, 5) is 5.16. The molecule has 0 N–H and O–H groups in total. The molecule has 0 aromatic heterocycles. The summed E-state index contributed by atoms with van der Waals surface area (Å²) in [7, 11) is 0. The fraction of sp³-hybridized carbons (Fsp3) is 0.250. The molecule has 0 saturated heterocycles. The fourth-order valence-electron chi connectivity index (χ4n) is 12.2. The zero-order valence-corrected chi connectivity index (χ0v) is 39.1. The Morgan fingerprint density at radius 1 is 0.333 bits per heavy atom. The monoisotopic (exact) mass is 856 g/mol. The summed E-state index contributed by atoms with van der Waals surface area (Å²) in [5, 5.41) is 12.8. The molecule has 2 nitrogen and oxygen atoms in total. The minimum atomic E-state index is 0.656. The zero-order valence-electron chi connectivity index (χ0n) is 39.1. The summed E-state index contributed by atoms with van der Waals surface area (Å²) >= 11 is 0. The normalized spacial score (nSPS) is 15.2. The predicted octanol–water partition coefficient (Wildman–Crippen LogP) is 19.2. The topological polar surface area (TPSA) is 6.48 Å². The second-order valence-electron chi connectivity index (χ2n) is 20.0. The Morgan fingerprint density at radius 2 is 0.697 bits per heavy atom. The van der Waals surface area contributed by atoms with Crippen LogP contribution in [0.2, 0.25) is 0 Å². The van der Waals surface area contributed by atoms with Crippen molar-refractivity contribution in [1.82, 2.24) is 0 Å². The summed E-state index contributed by atoms with van der Waals surface area (Å²) in [6.07, 6.45) is 13.3. The minimum Gasteiger partial charge on any atom is -0.309 e. The van der Waals surface area contributed by atoms with Gasteiger partial charge < -0.3 is 9.80 Å². The average Bonchev–Trinajstić information content (AvgIpc) is 3.36. The first-order chi connectivity index (χ1) is 32.4. The number of fused-ring (bicyclic) bond motifs is 2. The summed E-state index contributed by atoms with van der Waals surface area (Å²) in [5.74, 6) is 1.31. The van der Waals surface area contributed by atoms with Crippen molar-refractivity contribution in [3.05, 3.63) is 191 Å². The Hall–Kier alpha value is -6.64. The van der Waals surface area contributed by atoms with Crippen LogP contribution in [0.3, 0.4) is 0 Å². The molecular formula is C64H60N2. The summed E-state index contributed by atoms with van der Waals surface area (Å²) < 4.78 is 0. The molecule has 12 rings (SSSR count). The van der Waals surface area contributed by atoms with Gasteiger partial charge in [-0.25, -0.2) is 0 Å². The number of nitrogens with zero attached hydrogens (tertiary/aromatic N) is 2. The Balaban J connectivity index is 1.09. The van der Waals surface area contributed by atoms with Crippen LogP contribution in [0, 0.1) is 27.7 Å². The summed E-state index contributed by atoms with van der Waals surface area (Å²) in [6, 6.07) is 61.4. The third kappa shape index (κ3) is 7.00. The number of benzene rings is 10. The van der Waals surface area contributed by atoms with Crippen molar-refractivity contribution in [2.24, 2.45) is 0 Å². The van der Waals surface area contributed by atoms with E-state index >= 15 is 0 Å². The number of rotatable bonds is 8. The van der Waals surface area contributed by atoms with Gasteiger partial charge in [-0.05, 0) is 168 Å². The predicted molar refractivity (Wildman–Crippen MR) is 285 cm³/mol. The van der Waals surface area contributed by atoms with Crippen molar-refractivity contribution >= 4 is 88.0 Å². The molecule has 10 aromatic carbocycles. The van der Waals surface area contributed by atoms with Gasteiger partial charge in [-0.15, -0.1) is 0 Å². The lowest BCUT2D eigenvalue weighted by Crippen LogP contribution is -2.14. The van der Waals surface area contributed by atoms with Crippen molar-refractivity contribution < 1.29 is 0 Å². The van der Waals surface area contributed by atoms with Gasteiger partial charge in [0.15, 0.2) is 0 Å². The zero-order chi connectivity index (χ0) is 44.5. The molecule has 0 atom stereocenters. The van der Waals surface area contributed by atoms with E-state index in [2.05, 4.69) is 195 Å². The lowest BCUT2D eigenvalue weighted by Gasteiger charge is -2.32. The molecule has 326 valence electrons. The molecule has 0 amide bonds. The van der Waals surface area contributed by atoms with Crippen LogP contribution < -0.4 is 9.80 Å². The smallest absolute Gasteiger partial charge is 0.0569 e. The van der Waals surface area contributed by atoms with E-state index in [-0.39, 0.29) is 0 Å².